The van der Waals surface area contributed by atoms with Crippen molar-refractivity contribution in [1.29, 1.82) is 0 Å². The van der Waals surface area contributed by atoms with Gasteiger partial charge < -0.3 is 14.8 Å². The molecule has 0 spiro atoms. The minimum Gasteiger partial charge on any atom is -0.493 e. The fourth-order valence-electron chi connectivity index (χ4n) is 1.58. The maximum absolute atomic E-state index is 6.24. The minimum atomic E-state index is 0.549. The Labute approximate surface area is 121 Å². The quantitative estimate of drug-likeness (QED) is 0.705. The Bertz CT molecular complexity index is 371. The molecule has 4 heteroatoms. The van der Waals surface area contributed by atoms with Crippen molar-refractivity contribution in [3.05, 3.63) is 28.8 Å². The summed E-state index contributed by atoms with van der Waals surface area (Å²) in [5.74, 6) is 1.42. The Morgan fingerprint density at radius 1 is 1.37 bits per heavy atom. The first-order valence-electron chi connectivity index (χ1n) is 6.78. The lowest BCUT2D eigenvalue weighted by molar-refractivity contribution is 0.199. The summed E-state index contributed by atoms with van der Waals surface area (Å²) in [5, 5.41) is 4.04. The lowest BCUT2D eigenvalue weighted by Gasteiger charge is -2.16. The summed E-state index contributed by atoms with van der Waals surface area (Å²) < 4.78 is 10.9. The van der Waals surface area contributed by atoms with Gasteiger partial charge in [-0.1, -0.05) is 37.9 Å². The molecule has 1 N–H and O–H groups in total. The third kappa shape index (κ3) is 5.81. The van der Waals surface area contributed by atoms with Crippen LogP contribution in [-0.2, 0) is 11.3 Å². The van der Waals surface area contributed by atoms with Crippen LogP contribution in [0.1, 0.15) is 25.8 Å². The number of methoxy groups -OCH3 is 1. The summed E-state index contributed by atoms with van der Waals surface area (Å²) >= 11 is 6.24. The Morgan fingerprint density at radius 2 is 2.16 bits per heavy atom. The number of nitrogens with one attached hydrogen (secondary N) is 1. The summed E-state index contributed by atoms with van der Waals surface area (Å²) in [6, 6.07) is 5.79. The average molecular weight is 286 g/mol. The van der Waals surface area contributed by atoms with Crippen molar-refractivity contribution in [2.45, 2.75) is 26.8 Å². The predicted molar refractivity (Wildman–Crippen MR) is 80.0 cm³/mol. The van der Waals surface area contributed by atoms with E-state index in [4.69, 9.17) is 21.1 Å². The lowest BCUT2D eigenvalue weighted by Crippen LogP contribution is -2.19. The molecule has 0 bridgehead atoms. The van der Waals surface area contributed by atoms with E-state index in [-0.39, 0.29) is 0 Å². The molecule has 1 rings (SSSR count). The van der Waals surface area contributed by atoms with Crippen LogP contribution < -0.4 is 10.1 Å². The average Bonchev–Trinajstić information content (AvgIpc) is 2.42. The van der Waals surface area contributed by atoms with Crippen LogP contribution in [0.3, 0.4) is 0 Å². The highest BCUT2D eigenvalue weighted by Crippen LogP contribution is 2.26. The van der Waals surface area contributed by atoms with Gasteiger partial charge in [0.05, 0.1) is 13.2 Å². The van der Waals surface area contributed by atoms with E-state index < -0.39 is 0 Å². The lowest BCUT2D eigenvalue weighted by atomic mass is 10.1. The number of hydrogen-bond donors (Lipinski definition) is 1. The maximum atomic E-state index is 6.24. The zero-order valence-corrected chi connectivity index (χ0v) is 12.8. The van der Waals surface area contributed by atoms with Crippen molar-refractivity contribution in [3.63, 3.8) is 0 Å². The van der Waals surface area contributed by atoms with Crippen molar-refractivity contribution in [3.8, 4) is 5.75 Å². The van der Waals surface area contributed by atoms with Gasteiger partial charge in [-0.15, -0.1) is 0 Å². The fourth-order valence-corrected chi connectivity index (χ4v) is 1.82. The van der Waals surface area contributed by atoms with Crippen LogP contribution in [0.25, 0.3) is 0 Å². The second kappa shape index (κ2) is 9.18. The van der Waals surface area contributed by atoms with Crippen LogP contribution >= 0.6 is 11.6 Å². The minimum absolute atomic E-state index is 0.549. The number of rotatable bonds is 9. The molecule has 0 aliphatic heterocycles. The predicted octanol–water partition coefficient (Wildman–Crippen LogP) is 3.50. The maximum Gasteiger partial charge on any atom is 0.125 e. The summed E-state index contributed by atoms with van der Waals surface area (Å²) in [7, 11) is 1.69. The van der Waals surface area contributed by atoms with E-state index in [2.05, 4.69) is 19.2 Å². The first-order valence-corrected chi connectivity index (χ1v) is 7.16. The molecule has 0 radical (unpaired) electrons. The topological polar surface area (TPSA) is 30.5 Å². The van der Waals surface area contributed by atoms with Gasteiger partial charge >= 0.3 is 0 Å². The van der Waals surface area contributed by atoms with Crippen LogP contribution in [0.15, 0.2) is 18.2 Å². The van der Waals surface area contributed by atoms with E-state index in [9.17, 15) is 0 Å². The highest BCUT2D eigenvalue weighted by molar-refractivity contribution is 6.31. The van der Waals surface area contributed by atoms with Gasteiger partial charge in [-0.3, -0.25) is 0 Å². The third-order valence-electron chi connectivity index (χ3n) is 3.08. The van der Waals surface area contributed by atoms with Crippen LogP contribution in [0, 0.1) is 5.92 Å². The van der Waals surface area contributed by atoms with Gasteiger partial charge in [0.1, 0.15) is 5.75 Å². The summed E-state index contributed by atoms with van der Waals surface area (Å²) in [5.41, 5.74) is 1.02. The van der Waals surface area contributed by atoms with Crippen molar-refractivity contribution < 1.29 is 9.47 Å². The first kappa shape index (κ1) is 16.3. The first-order chi connectivity index (χ1) is 9.19. The van der Waals surface area contributed by atoms with Gasteiger partial charge in [-0.05, 0) is 18.1 Å². The molecule has 1 aromatic carbocycles. The molecule has 0 amide bonds. The van der Waals surface area contributed by atoms with E-state index in [1.807, 2.05) is 18.2 Å². The van der Waals surface area contributed by atoms with Gasteiger partial charge in [0.2, 0.25) is 0 Å². The van der Waals surface area contributed by atoms with E-state index in [0.717, 1.165) is 35.9 Å². The number of halogens is 1. The molecule has 1 unspecified atom stereocenters. The summed E-state index contributed by atoms with van der Waals surface area (Å²) in [4.78, 5) is 0. The molecule has 108 valence electrons. The molecule has 1 atom stereocenters. The van der Waals surface area contributed by atoms with E-state index in [1.165, 1.54) is 0 Å². The zero-order valence-electron chi connectivity index (χ0n) is 12.0. The van der Waals surface area contributed by atoms with Crippen molar-refractivity contribution in [1.82, 2.24) is 5.32 Å². The van der Waals surface area contributed by atoms with Crippen molar-refractivity contribution in [2.75, 3.05) is 26.9 Å². The molecule has 19 heavy (non-hydrogen) atoms. The van der Waals surface area contributed by atoms with Gasteiger partial charge in [-0.2, -0.15) is 0 Å². The second-order valence-electron chi connectivity index (χ2n) is 4.71. The third-order valence-corrected chi connectivity index (χ3v) is 3.44. The highest BCUT2D eigenvalue weighted by atomic mass is 35.5. The Balaban J connectivity index is 2.61. The number of hydrogen-bond acceptors (Lipinski definition) is 3. The van der Waals surface area contributed by atoms with Gasteiger partial charge in [-0.25, -0.2) is 0 Å². The molecule has 0 aliphatic rings. The summed E-state index contributed by atoms with van der Waals surface area (Å²) in [6.45, 7) is 7.25. The second-order valence-corrected chi connectivity index (χ2v) is 5.12. The van der Waals surface area contributed by atoms with Crippen LogP contribution in [0.2, 0.25) is 5.02 Å². The fraction of sp³-hybridized carbons (Fsp3) is 0.600. The van der Waals surface area contributed by atoms with Crippen molar-refractivity contribution in [2.24, 2.45) is 5.92 Å². The molecule has 0 fully saturated rings. The molecule has 0 saturated carbocycles. The molecular weight excluding hydrogens is 262 g/mol. The molecule has 0 aliphatic carbocycles. The smallest absolute Gasteiger partial charge is 0.125 e. The number of benzene rings is 1. The van der Waals surface area contributed by atoms with E-state index >= 15 is 0 Å². The van der Waals surface area contributed by atoms with Gasteiger partial charge in [0.15, 0.2) is 0 Å². The largest absolute Gasteiger partial charge is 0.493 e. The Morgan fingerprint density at radius 3 is 2.84 bits per heavy atom. The van der Waals surface area contributed by atoms with Gasteiger partial charge in [0.25, 0.3) is 0 Å². The van der Waals surface area contributed by atoms with E-state index in [0.29, 0.717) is 19.1 Å². The van der Waals surface area contributed by atoms with Crippen molar-refractivity contribution >= 4 is 11.6 Å². The van der Waals surface area contributed by atoms with Crippen LogP contribution in [0.5, 0.6) is 5.75 Å². The Hall–Kier alpha value is -0.770. The van der Waals surface area contributed by atoms with E-state index in [1.54, 1.807) is 7.11 Å². The summed E-state index contributed by atoms with van der Waals surface area (Å²) in [6.07, 6.45) is 1.11. The van der Waals surface area contributed by atoms with Gasteiger partial charge in [0, 0.05) is 30.8 Å². The number of ether oxygens (including phenoxy) is 2. The Kier molecular flexibility index (Phi) is 7.87. The molecular formula is C15H24ClNO2. The molecule has 1 aromatic rings. The molecule has 0 saturated heterocycles. The molecule has 3 nitrogen and oxygen atoms in total. The SMILES string of the molecule is CCC(C)COc1cccc(Cl)c1CNCCOC. The highest BCUT2D eigenvalue weighted by Gasteiger charge is 2.09. The normalized spacial score (nSPS) is 12.4. The standard InChI is InChI=1S/C15H24ClNO2/c1-4-12(2)11-19-15-7-5-6-14(16)13(15)10-17-8-9-18-3/h5-7,12,17H,4,8-11H2,1-3H3. The monoisotopic (exact) mass is 285 g/mol. The van der Waals surface area contributed by atoms with Crippen LogP contribution in [0.4, 0.5) is 0 Å². The van der Waals surface area contributed by atoms with Crippen LogP contribution in [-0.4, -0.2) is 26.9 Å². The zero-order chi connectivity index (χ0) is 14.1. The molecule has 0 aromatic heterocycles. The molecule has 0 heterocycles.